The summed E-state index contributed by atoms with van der Waals surface area (Å²) in [5, 5.41) is 13.2. The van der Waals surface area contributed by atoms with E-state index in [2.05, 4.69) is 42.4 Å². The Balaban J connectivity index is 1.86. The molecule has 31 heavy (non-hydrogen) atoms. The molecule has 2 amide bonds. The highest BCUT2D eigenvalue weighted by Gasteiger charge is 2.21. The van der Waals surface area contributed by atoms with Crippen molar-refractivity contribution in [3.05, 3.63) is 65.9 Å². The topological polar surface area (TPSA) is 81.2 Å². The monoisotopic (exact) mass is 418 g/mol. The number of amides is 2. The molecular weight excluding hydrogens is 388 g/mol. The fraction of sp³-hybridized carbons (Fsp3) is 0.360. The number of H-pyrrole nitrogens is 1. The molecule has 0 fully saturated rings. The highest BCUT2D eigenvalue weighted by atomic mass is 16.5. The lowest BCUT2D eigenvalue weighted by Gasteiger charge is -2.26. The van der Waals surface area contributed by atoms with Gasteiger partial charge in [-0.3, -0.25) is 0 Å². The molecule has 2 N–H and O–H groups in total. The van der Waals surface area contributed by atoms with E-state index in [0.29, 0.717) is 32.0 Å². The van der Waals surface area contributed by atoms with Gasteiger partial charge in [0.1, 0.15) is 5.75 Å². The molecule has 0 aliphatic heterocycles. The summed E-state index contributed by atoms with van der Waals surface area (Å²) in [4.78, 5) is 18.0. The molecule has 1 heterocycles. The number of aromatic nitrogens is 1. The number of urea groups is 1. The summed E-state index contributed by atoms with van der Waals surface area (Å²) in [5.74, 6) is 1.10. The van der Waals surface area contributed by atoms with E-state index < -0.39 is 0 Å². The smallest absolute Gasteiger partial charge is 0.317 e. The molecule has 6 nitrogen and oxygen atoms in total. The van der Waals surface area contributed by atoms with E-state index in [0.717, 1.165) is 27.8 Å². The molecule has 3 rings (SSSR count). The number of carbonyl (C=O) groups excluding carboxylic acids is 1. The molecule has 162 valence electrons. The molecule has 0 unspecified atom stereocenters. The number of para-hydroxylation sites is 1. The third kappa shape index (κ3) is 5.58. The molecule has 0 saturated heterocycles. The summed E-state index contributed by atoms with van der Waals surface area (Å²) in [5.41, 5.74) is 3.30. The van der Waals surface area contributed by atoms with Crippen molar-refractivity contribution in [1.29, 1.82) is 5.26 Å². The number of nitrogens with zero attached hydrogens (tertiary/aromatic N) is 2. The van der Waals surface area contributed by atoms with Gasteiger partial charge in [0, 0.05) is 42.7 Å². The Morgan fingerprint density at radius 1 is 1.19 bits per heavy atom. The number of benzene rings is 2. The lowest BCUT2D eigenvalue weighted by atomic mass is 9.91. The van der Waals surface area contributed by atoms with Gasteiger partial charge in [-0.25, -0.2) is 4.79 Å². The number of hydrogen-bond acceptors (Lipinski definition) is 3. The fourth-order valence-corrected chi connectivity index (χ4v) is 3.83. The fourth-order valence-electron chi connectivity index (χ4n) is 3.83. The maximum Gasteiger partial charge on any atom is 0.317 e. The minimum absolute atomic E-state index is 0.0251. The third-order valence-electron chi connectivity index (χ3n) is 5.34. The standard InChI is InChI=1S/C25H30N4O2/c1-18(2)17-29(14-6-13-26)25(30)28-15-22(19-9-11-20(31-3)12-10-19)23-16-27-24-8-5-4-7-21(23)24/h4-5,7-12,16,18,22,27H,6,14-15,17H2,1-3H3,(H,28,30)/t22-/m0/s1. The largest absolute Gasteiger partial charge is 0.497 e. The molecule has 1 atom stereocenters. The van der Waals surface area contributed by atoms with Crippen LogP contribution in [0, 0.1) is 17.2 Å². The number of nitriles is 1. The van der Waals surface area contributed by atoms with E-state index in [1.54, 1.807) is 12.0 Å². The van der Waals surface area contributed by atoms with Gasteiger partial charge >= 0.3 is 6.03 Å². The second-order valence-electron chi connectivity index (χ2n) is 8.05. The number of hydrogen-bond donors (Lipinski definition) is 2. The molecular formula is C25H30N4O2. The van der Waals surface area contributed by atoms with Crippen molar-refractivity contribution in [2.24, 2.45) is 5.92 Å². The van der Waals surface area contributed by atoms with Gasteiger partial charge in [0.2, 0.25) is 0 Å². The summed E-state index contributed by atoms with van der Waals surface area (Å²) < 4.78 is 5.31. The summed E-state index contributed by atoms with van der Waals surface area (Å²) in [6, 6.07) is 18.1. The SMILES string of the molecule is COc1ccc([C@H](CNC(=O)N(CCC#N)CC(C)C)c2c[nH]c3ccccc23)cc1. The van der Waals surface area contributed by atoms with Crippen LogP contribution in [0.1, 0.15) is 37.3 Å². The zero-order valence-corrected chi connectivity index (χ0v) is 18.4. The second kappa shape index (κ2) is 10.5. The molecule has 6 heteroatoms. The maximum absolute atomic E-state index is 12.9. The van der Waals surface area contributed by atoms with Crippen LogP contribution >= 0.6 is 0 Å². The van der Waals surface area contributed by atoms with Crippen LogP contribution in [0.2, 0.25) is 0 Å². The van der Waals surface area contributed by atoms with Crippen molar-refractivity contribution in [3.63, 3.8) is 0 Å². The summed E-state index contributed by atoms with van der Waals surface area (Å²) >= 11 is 0. The first-order valence-corrected chi connectivity index (χ1v) is 10.6. The highest BCUT2D eigenvalue weighted by Crippen LogP contribution is 2.31. The number of aromatic amines is 1. The Morgan fingerprint density at radius 2 is 1.94 bits per heavy atom. The Bertz CT molecular complexity index is 1030. The molecule has 0 aliphatic rings. The van der Waals surface area contributed by atoms with Crippen LogP contribution in [0.5, 0.6) is 5.75 Å². The Kier molecular flexibility index (Phi) is 7.55. The van der Waals surface area contributed by atoms with E-state index in [1.807, 2.05) is 42.6 Å². The first-order chi connectivity index (χ1) is 15.0. The average molecular weight is 419 g/mol. The van der Waals surface area contributed by atoms with Gasteiger partial charge in [-0.05, 0) is 35.2 Å². The van der Waals surface area contributed by atoms with Crippen molar-refractivity contribution in [2.45, 2.75) is 26.2 Å². The van der Waals surface area contributed by atoms with E-state index in [1.165, 1.54) is 0 Å². The maximum atomic E-state index is 12.9. The molecule has 2 aromatic carbocycles. The van der Waals surface area contributed by atoms with Crippen LogP contribution in [-0.2, 0) is 0 Å². The zero-order valence-electron chi connectivity index (χ0n) is 18.4. The number of carbonyl (C=O) groups is 1. The molecule has 0 spiro atoms. The minimum Gasteiger partial charge on any atom is -0.497 e. The van der Waals surface area contributed by atoms with Gasteiger partial charge in [-0.15, -0.1) is 0 Å². The Hall–Kier alpha value is -3.46. The summed E-state index contributed by atoms with van der Waals surface area (Å²) in [6.45, 7) is 5.64. The summed E-state index contributed by atoms with van der Waals surface area (Å²) in [6.07, 6.45) is 2.35. The molecule has 0 saturated carbocycles. The van der Waals surface area contributed by atoms with Crippen LogP contribution in [0.4, 0.5) is 4.79 Å². The van der Waals surface area contributed by atoms with Gasteiger partial charge in [-0.2, -0.15) is 5.26 Å². The summed E-state index contributed by atoms with van der Waals surface area (Å²) in [7, 11) is 1.65. The van der Waals surface area contributed by atoms with Crippen molar-refractivity contribution < 1.29 is 9.53 Å². The van der Waals surface area contributed by atoms with Crippen molar-refractivity contribution in [2.75, 3.05) is 26.7 Å². The molecule has 3 aromatic rings. The first kappa shape index (κ1) is 22.2. The normalized spacial score (nSPS) is 11.8. The average Bonchev–Trinajstić information content (AvgIpc) is 3.21. The molecule has 0 aliphatic carbocycles. The first-order valence-electron chi connectivity index (χ1n) is 10.6. The molecule has 0 bridgehead atoms. The van der Waals surface area contributed by atoms with Gasteiger partial charge in [0.25, 0.3) is 0 Å². The van der Waals surface area contributed by atoms with E-state index in [-0.39, 0.29) is 11.9 Å². The number of rotatable bonds is 9. The quantitative estimate of drug-likeness (QED) is 0.519. The third-order valence-corrected chi connectivity index (χ3v) is 5.34. The Labute approximate surface area is 183 Å². The van der Waals surface area contributed by atoms with E-state index in [9.17, 15) is 4.79 Å². The number of nitrogens with one attached hydrogen (secondary N) is 2. The van der Waals surface area contributed by atoms with Gasteiger partial charge < -0.3 is 19.9 Å². The van der Waals surface area contributed by atoms with E-state index in [4.69, 9.17) is 10.00 Å². The molecule has 1 aromatic heterocycles. The Morgan fingerprint density at radius 3 is 2.61 bits per heavy atom. The van der Waals surface area contributed by atoms with Crippen LogP contribution in [0.25, 0.3) is 10.9 Å². The second-order valence-corrected chi connectivity index (χ2v) is 8.05. The highest BCUT2D eigenvalue weighted by molar-refractivity contribution is 5.84. The van der Waals surface area contributed by atoms with Crippen LogP contribution in [0.3, 0.4) is 0 Å². The van der Waals surface area contributed by atoms with Gasteiger partial charge in [0.15, 0.2) is 0 Å². The zero-order chi connectivity index (χ0) is 22.2. The predicted octanol–water partition coefficient (Wildman–Crippen LogP) is 4.89. The predicted molar refractivity (Wildman–Crippen MR) is 123 cm³/mol. The molecule has 0 radical (unpaired) electrons. The van der Waals surface area contributed by atoms with Crippen LogP contribution in [-0.4, -0.2) is 42.7 Å². The van der Waals surface area contributed by atoms with Crippen molar-refractivity contribution >= 4 is 16.9 Å². The van der Waals surface area contributed by atoms with Gasteiger partial charge in [-0.1, -0.05) is 44.2 Å². The lowest BCUT2D eigenvalue weighted by Crippen LogP contribution is -2.43. The van der Waals surface area contributed by atoms with Crippen LogP contribution in [0.15, 0.2) is 54.7 Å². The number of methoxy groups -OCH3 is 1. The van der Waals surface area contributed by atoms with Crippen molar-refractivity contribution in [1.82, 2.24) is 15.2 Å². The minimum atomic E-state index is -0.137. The number of fused-ring (bicyclic) bond motifs is 1. The van der Waals surface area contributed by atoms with Crippen molar-refractivity contribution in [3.8, 4) is 11.8 Å². The number of ether oxygens (including phenoxy) is 1. The lowest BCUT2D eigenvalue weighted by molar-refractivity contribution is 0.192. The van der Waals surface area contributed by atoms with Gasteiger partial charge in [0.05, 0.1) is 19.6 Å². The van der Waals surface area contributed by atoms with Crippen LogP contribution < -0.4 is 10.1 Å². The van der Waals surface area contributed by atoms with E-state index >= 15 is 0 Å².